The molecule has 8 heteroatoms. The lowest BCUT2D eigenvalue weighted by Crippen LogP contribution is -2.58. The number of likely N-dealkylation sites (tertiary alicyclic amines) is 1. The van der Waals surface area contributed by atoms with E-state index in [4.69, 9.17) is 21.2 Å². The maximum atomic E-state index is 12.4. The average molecular weight is 355 g/mol. The Bertz CT molecular complexity index is 628. The van der Waals surface area contributed by atoms with Crippen molar-refractivity contribution in [3.05, 3.63) is 29.3 Å². The Hall–Kier alpha value is -2.12. The molecule has 1 heterocycles. The minimum absolute atomic E-state index is 0.0741. The quantitative estimate of drug-likeness (QED) is 0.751. The summed E-state index contributed by atoms with van der Waals surface area (Å²) in [6.45, 7) is 4.90. The van der Waals surface area contributed by atoms with Crippen molar-refractivity contribution in [1.29, 1.82) is 0 Å². The summed E-state index contributed by atoms with van der Waals surface area (Å²) in [5.41, 5.74) is 0. The number of hydroxylamine groups is 2. The fraction of sp³-hybridized carbons (Fsp3) is 0.438. The van der Waals surface area contributed by atoms with E-state index in [9.17, 15) is 14.4 Å². The highest BCUT2D eigenvalue weighted by Crippen LogP contribution is 2.19. The van der Waals surface area contributed by atoms with E-state index >= 15 is 0 Å². The Kier molecular flexibility index (Phi) is 5.80. The first-order valence-electron chi connectivity index (χ1n) is 7.47. The molecule has 0 aromatic heterocycles. The summed E-state index contributed by atoms with van der Waals surface area (Å²) in [6.07, 6.45) is -1.30. The molecule has 0 spiro atoms. The highest BCUT2D eigenvalue weighted by molar-refractivity contribution is 6.30. The number of hydrogen-bond acceptors (Lipinski definition) is 5. The number of carbonyl (C=O) groups is 3. The molecule has 1 aromatic carbocycles. The second kappa shape index (κ2) is 7.63. The van der Waals surface area contributed by atoms with E-state index in [1.807, 2.05) is 0 Å². The zero-order chi connectivity index (χ0) is 17.9. The fourth-order valence-corrected chi connectivity index (χ4v) is 2.25. The molecule has 1 aliphatic rings. The molecule has 24 heavy (non-hydrogen) atoms. The maximum Gasteiger partial charge on any atom is 0.294 e. The van der Waals surface area contributed by atoms with Crippen LogP contribution in [0.2, 0.25) is 5.02 Å². The van der Waals surface area contributed by atoms with Crippen LogP contribution in [0.25, 0.3) is 0 Å². The molecule has 0 bridgehead atoms. The molecule has 1 fully saturated rings. The largest absolute Gasteiger partial charge is 0.481 e. The molecule has 0 N–H and O–H groups in total. The van der Waals surface area contributed by atoms with Crippen molar-refractivity contribution in [1.82, 2.24) is 9.96 Å². The Morgan fingerprint density at radius 3 is 2.29 bits per heavy atom. The van der Waals surface area contributed by atoms with Gasteiger partial charge in [-0.05, 0) is 31.2 Å². The van der Waals surface area contributed by atoms with Gasteiger partial charge in [0, 0.05) is 18.9 Å². The normalized spacial score (nSPS) is 15.4. The van der Waals surface area contributed by atoms with Gasteiger partial charge in [0.05, 0.1) is 13.1 Å². The Morgan fingerprint density at radius 1 is 1.21 bits per heavy atom. The van der Waals surface area contributed by atoms with Crippen molar-refractivity contribution < 1.29 is 24.0 Å². The van der Waals surface area contributed by atoms with E-state index in [-0.39, 0.29) is 12.0 Å². The van der Waals surface area contributed by atoms with Crippen molar-refractivity contribution in [2.45, 2.75) is 33.0 Å². The van der Waals surface area contributed by atoms with Crippen LogP contribution in [-0.2, 0) is 19.2 Å². The zero-order valence-electron chi connectivity index (χ0n) is 13.7. The first-order chi connectivity index (χ1) is 11.3. The van der Waals surface area contributed by atoms with Crippen LogP contribution < -0.4 is 4.74 Å². The van der Waals surface area contributed by atoms with Gasteiger partial charge in [0.2, 0.25) is 11.8 Å². The van der Waals surface area contributed by atoms with Gasteiger partial charge in [-0.25, -0.2) is 0 Å². The van der Waals surface area contributed by atoms with Gasteiger partial charge in [0.1, 0.15) is 11.9 Å². The number of hydrogen-bond donors (Lipinski definition) is 0. The fourth-order valence-electron chi connectivity index (χ4n) is 2.13. The van der Waals surface area contributed by atoms with E-state index in [0.29, 0.717) is 28.9 Å². The number of rotatable bonds is 5. The first kappa shape index (κ1) is 18.2. The third kappa shape index (κ3) is 4.46. The highest BCUT2D eigenvalue weighted by Gasteiger charge is 2.35. The van der Waals surface area contributed by atoms with Gasteiger partial charge in [-0.15, -0.1) is 5.06 Å². The molecule has 1 atom stereocenters. The van der Waals surface area contributed by atoms with Crippen LogP contribution in [0.1, 0.15) is 20.8 Å². The van der Waals surface area contributed by atoms with Crippen LogP contribution in [0.4, 0.5) is 0 Å². The van der Waals surface area contributed by atoms with Crippen LogP contribution in [0.3, 0.4) is 0 Å². The predicted molar refractivity (Wildman–Crippen MR) is 86.2 cm³/mol. The summed E-state index contributed by atoms with van der Waals surface area (Å²) in [6, 6.07) is 6.53. The Morgan fingerprint density at radius 2 is 1.79 bits per heavy atom. The number of halogens is 1. The van der Waals surface area contributed by atoms with Crippen LogP contribution in [-0.4, -0.2) is 53.0 Å². The van der Waals surface area contributed by atoms with E-state index in [1.165, 1.54) is 20.8 Å². The molecule has 1 aliphatic heterocycles. The second-order valence-corrected chi connectivity index (χ2v) is 5.95. The van der Waals surface area contributed by atoms with Gasteiger partial charge < -0.3 is 9.64 Å². The SMILES string of the molecule is CC(=O)N1CC(ON(C(C)=O)C(=O)C(C)Oc2ccc(Cl)cc2)C1. The minimum atomic E-state index is -0.918. The molecule has 1 unspecified atom stereocenters. The molecule has 0 saturated carbocycles. The number of benzene rings is 1. The summed E-state index contributed by atoms with van der Waals surface area (Å²) < 4.78 is 5.51. The standard InChI is InChI=1S/C16H19ClN2O5/c1-10(23-14-6-4-13(17)5-7-14)16(22)19(12(3)21)24-15-8-18(9-15)11(2)20/h4-7,10,15H,8-9H2,1-3H3. The molecule has 0 aliphatic carbocycles. The molecular formula is C16H19ClN2O5. The molecule has 3 amide bonds. The summed E-state index contributed by atoms with van der Waals surface area (Å²) in [7, 11) is 0. The smallest absolute Gasteiger partial charge is 0.294 e. The number of carbonyl (C=O) groups excluding carboxylic acids is 3. The average Bonchev–Trinajstić information content (AvgIpc) is 2.47. The topological polar surface area (TPSA) is 76.2 Å². The van der Waals surface area contributed by atoms with Crippen molar-refractivity contribution in [3.8, 4) is 5.75 Å². The Labute approximate surface area is 145 Å². The van der Waals surface area contributed by atoms with E-state index in [1.54, 1.807) is 29.2 Å². The predicted octanol–water partition coefficient (Wildman–Crippen LogP) is 1.64. The summed E-state index contributed by atoms with van der Waals surface area (Å²) >= 11 is 5.79. The Balaban J connectivity index is 1.94. The summed E-state index contributed by atoms with van der Waals surface area (Å²) in [5.74, 6) is -0.781. The van der Waals surface area contributed by atoms with Gasteiger partial charge >= 0.3 is 0 Å². The first-order valence-corrected chi connectivity index (χ1v) is 7.84. The molecule has 1 saturated heterocycles. The van der Waals surface area contributed by atoms with Gasteiger partial charge in [0.15, 0.2) is 6.10 Å². The summed E-state index contributed by atoms with van der Waals surface area (Å²) in [4.78, 5) is 42.2. The monoisotopic (exact) mass is 354 g/mol. The minimum Gasteiger partial charge on any atom is -0.481 e. The maximum absolute atomic E-state index is 12.4. The number of imide groups is 1. The molecular weight excluding hydrogens is 336 g/mol. The van der Waals surface area contributed by atoms with E-state index in [0.717, 1.165) is 0 Å². The number of nitrogens with zero attached hydrogens (tertiary/aromatic N) is 2. The van der Waals surface area contributed by atoms with Crippen molar-refractivity contribution in [2.24, 2.45) is 0 Å². The number of amides is 3. The van der Waals surface area contributed by atoms with Gasteiger partial charge in [-0.3, -0.25) is 19.2 Å². The van der Waals surface area contributed by atoms with Crippen LogP contribution in [0, 0.1) is 0 Å². The molecule has 1 aromatic rings. The summed E-state index contributed by atoms with van der Waals surface area (Å²) in [5, 5.41) is 1.25. The lowest BCUT2D eigenvalue weighted by Gasteiger charge is -2.39. The number of ether oxygens (including phenoxy) is 1. The molecule has 0 radical (unpaired) electrons. The highest BCUT2D eigenvalue weighted by atomic mass is 35.5. The molecule has 7 nitrogen and oxygen atoms in total. The third-order valence-electron chi connectivity index (χ3n) is 3.51. The van der Waals surface area contributed by atoms with Crippen LogP contribution in [0.15, 0.2) is 24.3 Å². The van der Waals surface area contributed by atoms with E-state index < -0.39 is 17.9 Å². The molecule has 130 valence electrons. The van der Waals surface area contributed by atoms with Crippen molar-refractivity contribution in [2.75, 3.05) is 13.1 Å². The second-order valence-electron chi connectivity index (χ2n) is 5.52. The third-order valence-corrected chi connectivity index (χ3v) is 3.76. The van der Waals surface area contributed by atoms with Gasteiger partial charge in [-0.1, -0.05) is 11.6 Å². The lowest BCUT2D eigenvalue weighted by molar-refractivity contribution is -0.228. The van der Waals surface area contributed by atoms with Gasteiger partial charge in [-0.2, -0.15) is 0 Å². The lowest BCUT2D eigenvalue weighted by atomic mass is 10.2. The zero-order valence-corrected chi connectivity index (χ0v) is 14.4. The van der Waals surface area contributed by atoms with Crippen molar-refractivity contribution in [3.63, 3.8) is 0 Å². The van der Waals surface area contributed by atoms with Crippen LogP contribution in [0.5, 0.6) is 5.75 Å². The van der Waals surface area contributed by atoms with E-state index in [2.05, 4.69) is 0 Å². The van der Waals surface area contributed by atoms with Crippen molar-refractivity contribution >= 4 is 29.3 Å². The van der Waals surface area contributed by atoms with Gasteiger partial charge in [0.25, 0.3) is 5.91 Å². The molecule has 2 rings (SSSR count). The van der Waals surface area contributed by atoms with Crippen LogP contribution >= 0.6 is 11.6 Å².